The molecule has 5 nitrogen and oxygen atoms in total. The molecule has 0 atom stereocenters. The Bertz CT molecular complexity index is 556. The molecule has 0 saturated heterocycles. The highest BCUT2D eigenvalue weighted by molar-refractivity contribution is 7.89. The van der Waals surface area contributed by atoms with Crippen LogP contribution in [0.3, 0.4) is 0 Å². The molecule has 1 rings (SSSR count). The average molecular weight is 341 g/mol. The maximum Gasteiger partial charge on any atom is 0.573 e. The Morgan fingerprint density at radius 3 is 2.27 bits per heavy atom. The molecule has 1 aromatic carbocycles. The molecular formula is C13H18F3NO4S. The maximum atomic E-state index is 12.0. The summed E-state index contributed by atoms with van der Waals surface area (Å²) < 4.78 is 71.0. The summed E-state index contributed by atoms with van der Waals surface area (Å²) in [6.45, 7) is 4.75. The SMILES string of the molecule is CC(C)COCCNS(=O)(=O)c1ccc(OC(F)(F)F)cc1. The van der Waals surface area contributed by atoms with E-state index in [-0.39, 0.29) is 18.0 Å². The molecule has 0 aliphatic carbocycles. The number of hydrogen-bond donors (Lipinski definition) is 1. The molecular weight excluding hydrogens is 323 g/mol. The van der Waals surface area contributed by atoms with E-state index in [9.17, 15) is 21.6 Å². The van der Waals surface area contributed by atoms with Crippen LogP contribution in [-0.2, 0) is 14.8 Å². The molecule has 0 amide bonds. The average Bonchev–Trinajstić information content (AvgIpc) is 2.36. The standard InChI is InChI=1S/C13H18F3NO4S/c1-10(2)9-20-8-7-17-22(18,19)12-5-3-11(4-6-12)21-13(14,15)16/h3-6,10,17H,7-9H2,1-2H3. The van der Waals surface area contributed by atoms with Gasteiger partial charge in [-0.15, -0.1) is 13.2 Å². The lowest BCUT2D eigenvalue weighted by Gasteiger charge is -2.11. The van der Waals surface area contributed by atoms with Gasteiger partial charge in [-0.2, -0.15) is 0 Å². The molecule has 0 spiro atoms. The predicted molar refractivity (Wildman–Crippen MR) is 74.0 cm³/mol. The molecule has 0 saturated carbocycles. The molecule has 0 radical (unpaired) electrons. The summed E-state index contributed by atoms with van der Waals surface area (Å²) in [6.07, 6.45) is -4.81. The van der Waals surface area contributed by atoms with E-state index in [1.807, 2.05) is 13.8 Å². The summed E-state index contributed by atoms with van der Waals surface area (Å²) in [6, 6.07) is 3.96. The van der Waals surface area contributed by atoms with Crippen LogP contribution in [0.25, 0.3) is 0 Å². The van der Waals surface area contributed by atoms with Gasteiger partial charge in [-0.1, -0.05) is 13.8 Å². The first kappa shape index (κ1) is 18.7. The number of benzene rings is 1. The molecule has 0 bridgehead atoms. The molecule has 1 aromatic rings. The fourth-order valence-electron chi connectivity index (χ4n) is 1.47. The van der Waals surface area contributed by atoms with Gasteiger partial charge in [0, 0.05) is 13.2 Å². The fraction of sp³-hybridized carbons (Fsp3) is 0.538. The second-order valence-electron chi connectivity index (χ2n) is 4.89. The van der Waals surface area contributed by atoms with Crippen molar-refractivity contribution >= 4 is 10.0 Å². The van der Waals surface area contributed by atoms with Gasteiger partial charge in [0.25, 0.3) is 0 Å². The van der Waals surface area contributed by atoms with Crippen LogP contribution in [0.5, 0.6) is 5.75 Å². The Kier molecular flexibility index (Phi) is 6.64. The highest BCUT2D eigenvalue weighted by Crippen LogP contribution is 2.23. The first-order valence-corrected chi connectivity index (χ1v) is 8.02. The second kappa shape index (κ2) is 7.80. The summed E-state index contributed by atoms with van der Waals surface area (Å²) in [7, 11) is -3.79. The fourth-order valence-corrected chi connectivity index (χ4v) is 2.48. The zero-order chi connectivity index (χ0) is 16.8. The smallest absolute Gasteiger partial charge is 0.406 e. The van der Waals surface area contributed by atoms with E-state index < -0.39 is 22.1 Å². The van der Waals surface area contributed by atoms with Crippen LogP contribution < -0.4 is 9.46 Å². The van der Waals surface area contributed by atoms with Crippen LogP contribution in [0.15, 0.2) is 29.2 Å². The number of rotatable bonds is 8. The van der Waals surface area contributed by atoms with Gasteiger partial charge in [0.15, 0.2) is 0 Å². The van der Waals surface area contributed by atoms with Crippen LogP contribution in [-0.4, -0.2) is 34.5 Å². The number of sulfonamides is 1. The van der Waals surface area contributed by atoms with E-state index in [0.29, 0.717) is 12.5 Å². The molecule has 0 fully saturated rings. The Morgan fingerprint density at radius 2 is 1.77 bits per heavy atom. The Hall–Kier alpha value is -1.32. The zero-order valence-electron chi connectivity index (χ0n) is 12.2. The van der Waals surface area contributed by atoms with E-state index in [0.717, 1.165) is 24.3 Å². The van der Waals surface area contributed by atoms with Crippen molar-refractivity contribution < 1.29 is 31.1 Å². The summed E-state index contributed by atoms with van der Waals surface area (Å²) >= 11 is 0. The van der Waals surface area contributed by atoms with Crippen molar-refractivity contribution in [1.29, 1.82) is 0 Å². The lowest BCUT2D eigenvalue weighted by Crippen LogP contribution is -2.27. The molecule has 0 aliphatic rings. The van der Waals surface area contributed by atoms with Crippen LogP contribution >= 0.6 is 0 Å². The van der Waals surface area contributed by atoms with Crippen LogP contribution in [0.4, 0.5) is 13.2 Å². The van der Waals surface area contributed by atoms with E-state index in [2.05, 4.69) is 9.46 Å². The molecule has 1 N–H and O–H groups in total. The van der Waals surface area contributed by atoms with Gasteiger partial charge in [-0.05, 0) is 30.2 Å². The first-order valence-electron chi connectivity index (χ1n) is 6.53. The zero-order valence-corrected chi connectivity index (χ0v) is 13.0. The third-order valence-electron chi connectivity index (χ3n) is 2.36. The van der Waals surface area contributed by atoms with Gasteiger partial charge in [0.05, 0.1) is 11.5 Å². The first-order chi connectivity index (χ1) is 10.1. The molecule has 0 aliphatic heterocycles. The maximum absolute atomic E-state index is 12.0. The number of alkyl halides is 3. The van der Waals surface area contributed by atoms with Crippen molar-refractivity contribution in [2.45, 2.75) is 25.1 Å². The highest BCUT2D eigenvalue weighted by Gasteiger charge is 2.31. The van der Waals surface area contributed by atoms with Crippen LogP contribution in [0.1, 0.15) is 13.8 Å². The van der Waals surface area contributed by atoms with Gasteiger partial charge in [-0.25, -0.2) is 13.1 Å². The number of ether oxygens (including phenoxy) is 2. The number of halogens is 3. The van der Waals surface area contributed by atoms with Gasteiger partial charge in [0.2, 0.25) is 10.0 Å². The molecule has 126 valence electrons. The van der Waals surface area contributed by atoms with E-state index in [1.165, 1.54) is 0 Å². The number of hydrogen-bond acceptors (Lipinski definition) is 4. The van der Waals surface area contributed by atoms with Gasteiger partial charge < -0.3 is 9.47 Å². The molecule has 0 unspecified atom stereocenters. The Labute approximate surface area is 127 Å². The van der Waals surface area contributed by atoms with E-state index in [4.69, 9.17) is 4.74 Å². The Balaban J connectivity index is 2.55. The minimum Gasteiger partial charge on any atom is -0.406 e. The van der Waals surface area contributed by atoms with E-state index in [1.54, 1.807) is 0 Å². The summed E-state index contributed by atoms with van der Waals surface area (Å²) in [5, 5.41) is 0. The molecule has 9 heteroatoms. The van der Waals surface area contributed by atoms with Crippen molar-refractivity contribution in [2.75, 3.05) is 19.8 Å². The van der Waals surface area contributed by atoms with Crippen molar-refractivity contribution in [1.82, 2.24) is 4.72 Å². The second-order valence-corrected chi connectivity index (χ2v) is 6.65. The van der Waals surface area contributed by atoms with Crippen LogP contribution in [0, 0.1) is 5.92 Å². The van der Waals surface area contributed by atoms with Crippen molar-refractivity contribution in [3.8, 4) is 5.75 Å². The monoisotopic (exact) mass is 341 g/mol. The van der Waals surface area contributed by atoms with E-state index >= 15 is 0 Å². The minimum atomic E-state index is -4.81. The summed E-state index contributed by atoms with van der Waals surface area (Å²) in [5.41, 5.74) is 0. The highest BCUT2D eigenvalue weighted by atomic mass is 32.2. The third kappa shape index (κ3) is 7.10. The van der Waals surface area contributed by atoms with Crippen molar-refractivity contribution in [3.05, 3.63) is 24.3 Å². The van der Waals surface area contributed by atoms with Crippen LogP contribution in [0.2, 0.25) is 0 Å². The van der Waals surface area contributed by atoms with Gasteiger partial charge in [-0.3, -0.25) is 0 Å². The topological polar surface area (TPSA) is 64.6 Å². The molecule has 0 heterocycles. The van der Waals surface area contributed by atoms with Crippen molar-refractivity contribution in [3.63, 3.8) is 0 Å². The summed E-state index contributed by atoms with van der Waals surface area (Å²) in [5.74, 6) is -0.135. The third-order valence-corrected chi connectivity index (χ3v) is 3.83. The predicted octanol–water partition coefficient (Wildman–Crippen LogP) is 2.54. The normalized spacial score (nSPS) is 12.6. The molecule has 22 heavy (non-hydrogen) atoms. The molecule has 0 aromatic heterocycles. The lowest BCUT2D eigenvalue weighted by molar-refractivity contribution is -0.274. The van der Waals surface area contributed by atoms with Gasteiger partial charge in [0.1, 0.15) is 5.75 Å². The minimum absolute atomic E-state index is 0.0792. The van der Waals surface area contributed by atoms with Gasteiger partial charge >= 0.3 is 6.36 Å². The Morgan fingerprint density at radius 1 is 1.18 bits per heavy atom. The largest absolute Gasteiger partial charge is 0.573 e. The quantitative estimate of drug-likeness (QED) is 0.738. The number of nitrogens with one attached hydrogen (secondary N) is 1. The van der Waals surface area contributed by atoms with Crippen molar-refractivity contribution in [2.24, 2.45) is 5.92 Å². The lowest BCUT2D eigenvalue weighted by atomic mass is 10.2. The summed E-state index contributed by atoms with van der Waals surface area (Å²) in [4.78, 5) is -0.147.